The summed E-state index contributed by atoms with van der Waals surface area (Å²) < 4.78 is 0. The molecule has 27 heavy (non-hydrogen) atoms. The Morgan fingerprint density at radius 1 is 0.852 bits per heavy atom. The van der Waals surface area contributed by atoms with Crippen LogP contribution in [0.2, 0.25) is 0 Å². The zero-order chi connectivity index (χ0) is 19.3. The van der Waals surface area contributed by atoms with Gasteiger partial charge in [-0.3, -0.25) is 0 Å². The third kappa shape index (κ3) is 4.12. The smallest absolute Gasteiger partial charge is 0.118 e. The normalized spacial score (nSPS) is 31.0. The van der Waals surface area contributed by atoms with Gasteiger partial charge in [0.25, 0.3) is 0 Å². The average molecular weight is 367 g/mol. The Morgan fingerprint density at radius 2 is 1.41 bits per heavy atom. The first kappa shape index (κ1) is 20.1. The Balaban J connectivity index is 2.05. The lowest BCUT2D eigenvalue weighted by Gasteiger charge is -2.51. The minimum absolute atomic E-state index is 0.225. The molecule has 2 aromatic carbocycles. The van der Waals surface area contributed by atoms with Crippen molar-refractivity contribution in [2.75, 3.05) is 0 Å². The summed E-state index contributed by atoms with van der Waals surface area (Å²) in [4.78, 5) is 0. The Morgan fingerprint density at radius 3 is 1.93 bits per heavy atom. The number of unbranched alkanes of at least 4 members (excludes halogenated alkanes) is 1. The fourth-order valence-electron chi connectivity index (χ4n) is 5.19. The maximum absolute atomic E-state index is 12.1. The first-order valence-corrected chi connectivity index (χ1v) is 10.8. The summed E-state index contributed by atoms with van der Waals surface area (Å²) in [6, 6.07) is 22.2. The number of hydrogen-bond donors (Lipinski definition) is 2. The predicted octanol–water partition coefficient (Wildman–Crippen LogP) is 5.02. The second kappa shape index (κ2) is 9.03. The molecule has 0 radical (unpaired) electrons. The maximum Gasteiger partial charge on any atom is 0.118 e. The van der Waals surface area contributed by atoms with Gasteiger partial charge in [-0.25, -0.2) is 0 Å². The van der Waals surface area contributed by atoms with Crippen LogP contribution in [0.4, 0.5) is 0 Å². The van der Waals surface area contributed by atoms with Gasteiger partial charge in [0.1, 0.15) is 12.1 Å². The molecule has 1 saturated heterocycles. The van der Waals surface area contributed by atoms with E-state index in [0.29, 0.717) is 6.04 Å². The van der Waals surface area contributed by atoms with Crippen molar-refractivity contribution in [1.82, 2.24) is 0 Å². The molecular formula is C25H36NO+. The van der Waals surface area contributed by atoms with E-state index in [4.69, 9.17) is 0 Å². The van der Waals surface area contributed by atoms with Gasteiger partial charge in [-0.1, -0.05) is 101 Å². The Labute approximate surface area is 165 Å². The van der Waals surface area contributed by atoms with Crippen LogP contribution in [-0.2, 0) is 0 Å². The van der Waals surface area contributed by atoms with Crippen LogP contribution in [0.5, 0.6) is 0 Å². The van der Waals surface area contributed by atoms with Crippen LogP contribution in [0.25, 0.3) is 0 Å². The molecule has 0 aromatic heterocycles. The molecule has 0 amide bonds. The first-order chi connectivity index (χ1) is 13.1. The van der Waals surface area contributed by atoms with Crippen molar-refractivity contribution >= 4 is 0 Å². The van der Waals surface area contributed by atoms with Crippen molar-refractivity contribution in [3.63, 3.8) is 0 Å². The highest BCUT2D eigenvalue weighted by molar-refractivity contribution is 5.24. The number of rotatable bonds is 7. The quantitative estimate of drug-likeness (QED) is 0.709. The minimum atomic E-state index is -0.623. The highest BCUT2D eigenvalue weighted by Gasteiger charge is 2.54. The van der Waals surface area contributed by atoms with Crippen LogP contribution in [0.3, 0.4) is 0 Å². The average Bonchev–Trinajstić information content (AvgIpc) is 2.72. The molecule has 0 saturated carbocycles. The summed E-state index contributed by atoms with van der Waals surface area (Å²) >= 11 is 0. The van der Waals surface area contributed by atoms with Crippen LogP contribution in [-0.4, -0.2) is 10.7 Å². The molecule has 1 fully saturated rings. The summed E-state index contributed by atoms with van der Waals surface area (Å²) in [5.41, 5.74) is 2.05. The van der Waals surface area contributed by atoms with Crippen LogP contribution < -0.4 is 5.32 Å². The number of benzene rings is 2. The largest absolute Gasteiger partial charge is 0.389 e. The lowest BCUT2D eigenvalue weighted by molar-refractivity contribution is -0.765. The summed E-state index contributed by atoms with van der Waals surface area (Å²) in [6.07, 6.45) is 5.30. The molecule has 2 heteroatoms. The molecule has 1 aliphatic rings. The van der Waals surface area contributed by atoms with Crippen molar-refractivity contribution in [3.05, 3.63) is 71.8 Å². The van der Waals surface area contributed by atoms with Crippen molar-refractivity contribution in [2.45, 2.75) is 70.6 Å². The molecule has 0 bridgehead atoms. The van der Waals surface area contributed by atoms with Crippen LogP contribution in [0.1, 0.15) is 76.1 Å². The molecule has 0 aliphatic carbocycles. The topological polar surface area (TPSA) is 36.8 Å². The third-order valence-electron chi connectivity index (χ3n) is 6.72. The molecule has 0 unspecified atom stereocenters. The van der Waals surface area contributed by atoms with Crippen LogP contribution >= 0.6 is 0 Å². The van der Waals surface area contributed by atoms with Gasteiger partial charge in [-0.05, 0) is 12.8 Å². The van der Waals surface area contributed by atoms with Gasteiger partial charge < -0.3 is 10.4 Å². The van der Waals surface area contributed by atoms with Crippen LogP contribution in [0, 0.1) is 11.8 Å². The van der Waals surface area contributed by atoms with E-state index in [1.807, 2.05) is 0 Å². The van der Waals surface area contributed by atoms with Crippen LogP contribution in [0.15, 0.2) is 60.7 Å². The van der Waals surface area contributed by atoms with E-state index in [1.54, 1.807) is 0 Å². The number of aliphatic hydroxyl groups is 1. The SMILES string of the molecule is CCCC[C@]1(O)[C@H](C)[C@H](c2ccccc2)[NH2+][C@H](c2ccccc2)[C@@H]1CCC. The van der Waals surface area contributed by atoms with E-state index in [0.717, 1.165) is 32.1 Å². The minimum Gasteiger partial charge on any atom is -0.389 e. The lowest BCUT2D eigenvalue weighted by Crippen LogP contribution is -2.93. The number of quaternary nitrogens is 1. The van der Waals surface area contributed by atoms with Gasteiger partial charge in [0, 0.05) is 23.0 Å². The molecule has 1 aliphatic heterocycles. The number of nitrogens with two attached hydrogens (primary N) is 1. The number of piperidine rings is 1. The van der Waals surface area contributed by atoms with E-state index in [2.05, 4.69) is 86.8 Å². The maximum atomic E-state index is 12.1. The molecule has 0 spiro atoms. The third-order valence-corrected chi connectivity index (χ3v) is 6.72. The van der Waals surface area contributed by atoms with E-state index >= 15 is 0 Å². The van der Waals surface area contributed by atoms with Gasteiger partial charge in [0.15, 0.2) is 0 Å². The summed E-state index contributed by atoms with van der Waals surface area (Å²) in [5, 5.41) is 14.6. The molecule has 146 valence electrons. The van der Waals surface area contributed by atoms with E-state index in [9.17, 15) is 5.11 Å². The molecule has 1 heterocycles. The highest BCUT2D eigenvalue weighted by atomic mass is 16.3. The Hall–Kier alpha value is -1.64. The number of hydrogen-bond acceptors (Lipinski definition) is 1. The highest BCUT2D eigenvalue weighted by Crippen LogP contribution is 2.47. The second-order valence-corrected chi connectivity index (χ2v) is 8.34. The molecule has 3 N–H and O–H groups in total. The molecular weight excluding hydrogens is 330 g/mol. The molecule has 5 atom stereocenters. The van der Waals surface area contributed by atoms with Gasteiger partial charge in [0.05, 0.1) is 5.60 Å². The molecule has 2 nitrogen and oxygen atoms in total. The summed E-state index contributed by atoms with van der Waals surface area (Å²) in [7, 11) is 0. The van der Waals surface area contributed by atoms with Crippen molar-refractivity contribution in [1.29, 1.82) is 0 Å². The second-order valence-electron chi connectivity index (χ2n) is 8.34. The van der Waals surface area contributed by atoms with Crippen molar-refractivity contribution in [2.24, 2.45) is 11.8 Å². The van der Waals surface area contributed by atoms with Crippen molar-refractivity contribution < 1.29 is 10.4 Å². The van der Waals surface area contributed by atoms with Crippen molar-refractivity contribution in [3.8, 4) is 0 Å². The van der Waals surface area contributed by atoms with Gasteiger partial charge >= 0.3 is 0 Å². The monoisotopic (exact) mass is 366 g/mol. The predicted molar refractivity (Wildman–Crippen MR) is 112 cm³/mol. The van der Waals surface area contributed by atoms with Gasteiger partial charge in [-0.15, -0.1) is 0 Å². The Bertz CT molecular complexity index is 686. The molecule has 2 aromatic rings. The zero-order valence-electron chi connectivity index (χ0n) is 17.1. The standard InChI is InChI=1S/C25H35NO/c1-4-6-18-25(27)19(3)23(20-14-9-7-10-15-20)26-24(22(25)13-5-2)21-16-11-8-12-17-21/h7-12,14-17,19,22-24,26-27H,4-6,13,18H2,1-3H3/p+1/t19-,22+,23-,24-,25+/m1/s1. The van der Waals surface area contributed by atoms with E-state index < -0.39 is 5.60 Å². The summed E-state index contributed by atoms with van der Waals surface area (Å²) in [5.74, 6) is 0.509. The summed E-state index contributed by atoms with van der Waals surface area (Å²) in [6.45, 7) is 6.74. The first-order valence-electron chi connectivity index (χ1n) is 10.8. The van der Waals surface area contributed by atoms with Gasteiger partial charge in [0.2, 0.25) is 0 Å². The zero-order valence-corrected chi connectivity index (χ0v) is 17.1. The fraction of sp³-hybridized carbons (Fsp3) is 0.520. The lowest BCUT2D eigenvalue weighted by atomic mass is 9.62. The fourth-order valence-corrected chi connectivity index (χ4v) is 5.19. The van der Waals surface area contributed by atoms with Gasteiger partial charge in [-0.2, -0.15) is 0 Å². The van der Waals surface area contributed by atoms with E-state index in [-0.39, 0.29) is 17.9 Å². The Kier molecular flexibility index (Phi) is 6.73. The van der Waals surface area contributed by atoms with E-state index in [1.165, 1.54) is 11.1 Å². The molecule has 3 rings (SSSR count).